The molecule has 4 aromatic carbocycles. The third kappa shape index (κ3) is 5.35. The van der Waals surface area contributed by atoms with Crippen LogP contribution in [0.5, 0.6) is 0 Å². The third-order valence-corrected chi connectivity index (χ3v) is 8.08. The summed E-state index contributed by atoms with van der Waals surface area (Å²) < 4.78 is 0. The van der Waals surface area contributed by atoms with Crippen molar-refractivity contribution in [2.75, 3.05) is 34.2 Å². The molecule has 1 fully saturated rings. The topological polar surface area (TPSA) is 89.8 Å². The van der Waals surface area contributed by atoms with E-state index in [4.69, 9.17) is 10.2 Å². The Balaban J connectivity index is 1.25. The molecule has 3 N–H and O–H groups in total. The van der Waals surface area contributed by atoms with Gasteiger partial charge in [-0.3, -0.25) is 10.9 Å². The molecule has 1 unspecified atom stereocenters. The number of nitrogens with one attached hydrogen (secondary N) is 3. The Morgan fingerprint density at radius 3 is 2.00 bits per heavy atom. The molecule has 9 heteroatoms. The van der Waals surface area contributed by atoms with E-state index in [0.29, 0.717) is 6.04 Å². The Kier molecular flexibility index (Phi) is 7.23. The highest BCUT2D eigenvalue weighted by atomic mass is 32.1. The fourth-order valence-corrected chi connectivity index (χ4v) is 5.62. The van der Waals surface area contributed by atoms with Crippen LogP contribution in [-0.2, 0) is 0 Å². The monoisotopic (exact) mass is 536 g/mol. The maximum absolute atomic E-state index is 4.70. The van der Waals surface area contributed by atoms with E-state index in [9.17, 15) is 0 Å². The highest BCUT2D eigenvalue weighted by Crippen LogP contribution is 2.36. The number of aromatic nitrogens is 2. The molecule has 1 atom stereocenters. The van der Waals surface area contributed by atoms with E-state index in [2.05, 4.69) is 81.5 Å². The molecule has 39 heavy (non-hydrogen) atoms. The van der Waals surface area contributed by atoms with Gasteiger partial charge in [0.2, 0.25) is 10.3 Å². The smallest absolute Gasteiger partial charge is 0.225 e. The minimum absolute atomic E-state index is 0.396. The van der Waals surface area contributed by atoms with Crippen LogP contribution in [0.1, 0.15) is 33.1 Å². The standard InChI is InChI=1S/C30H32N8S/c1-3-20(2)31-25-14-15-26(22-11-5-4-10-21(22)25)32-33-27-16-17-28(24-13-7-6-12-23(24)27)34-35-29-36-37-30(39-29)38-18-8-9-19-38/h4-7,10-17,20,31,34H,3,8-9,18-19H2,1-2H3,(H,35,36)/b33-32+. The van der Waals surface area contributed by atoms with Crippen molar-refractivity contribution in [3.8, 4) is 0 Å². The molecule has 5 aromatic rings. The van der Waals surface area contributed by atoms with Gasteiger partial charge < -0.3 is 10.2 Å². The van der Waals surface area contributed by atoms with Gasteiger partial charge in [-0.25, -0.2) is 0 Å². The Labute approximate surface area is 232 Å². The van der Waals surface area contributed by atoms with Gasteiger partial charge >= 0.3 is 0 Å². The first-order chi connectivity index (χ1) is 19.2. The van der Waals surface area contributed by atoms with E-state index in [1.807, 2.05) is 36.4 Å². The van der Waals surface area contributed by atoms with E-state index < -0.39 is 0 Å². The SMILES string of the molecule is CCC(C)Nc1ccc(/N=N/c2ccc(NNc3nnc(N4CCCC4)s3)c3ccccc23)c2ccccc12. The summed E-state index contributed by atoms with van der Waals surface area (Å²) in [4.78, 5) is 2.29. The second-order valence-corrected chi connectivity index (χ2v) is 10.8. The fraction of sp³-hybridized carbons (Fsp3) is 0.267. The van der Waals surface area contributed by atoms with E-state index in [1.54, 1.807) is 11.3 Å². The molecule has 1 saturated heterocycles. The zero-order chi connectivity index (χ0) is 26.6. The predicted octanol–water partition coefficient (Wildman–Crippen LogP) is 8.51. The van der Waals surface area contributed by atoms with Crippen molar-refractivity contribution in [2.45, 2.75) is 39.2 Å². The number of hydrogen-bond acceptors (Lipinski definition) is 9. The molecule has 6 rings (SSSR count). The van der Waals surface area contributed by atoms with Crippen LogP contribution in [0.25, 0.3) is 21.5 Å². The molecule has 1 aliphatic rings. The lowest BCUT2D eigenvalue weighted by Crippen LogP contribution is -2.17. The van der Waals surface area contributed by atoms with Gasteiger partial charge in [-0.1, -0.05) is 66.8 Å². The number of rotatable bonds is 9. The minimum atomic E-state index is 0.396. The van der Waals surface area contributed by atoms with Crippen LogP contribution >= 0.6 is 11.3 Å². The van der Waals surface area contributed by atoms with Gasteiger partial charge in [0.25, 0.3) is 0 Å². The van der Waals surface area contributed by atoms with Gasteiger partial charge in [-0.15, -0.1) is 20.4 Å². The quantitative estimate of drug-likeness (QED) is 0.129. The van der Waals surface area contributed by atoms with Crippen molar-refractivity contribution in [3.05, 3.63) is 72.8 Å². The molecule has 0 saturated carbocycles. The first-order valence-corrected chi connectivity index (χ1v) is 14.3. The van der Waals surface area contributed by atoms with Crippen LogP contribution in [0, 0.1) is 0 Å². The summed E-state index contributed by atoms with van der Waals surface area (Å²) in [6.07, 6.45) is 3.49. The van der Waals surface area contributed by atoms with E-state index in [0.717, 1.165) is 74.1 Å². The highest BCUT2D eigenvalue weighted by molar-refractivity contribution is 7.19. The number of hydrazine groups is 1. The molecule has 0 amide bonds. The average molecular weight is 537 g/mol. The Morgan fingerprint density at radius 1 is 0.769 bits per heavy atom. The largest absolute Gasteiger partial charge is 0.382 e. The van der Waals surface area contributed by atoms with E-state index >= 15 is 0 Å². The van der Waals surface area contributed by atoms with E-state index in [1.165, 1.54) is 12.8 Å². The third-order valence-electron chi connectivity index (χ3n) is 7.18. The first kappa shape index (κ1) is 25.1. The number of hydrogen-bond donors (Lipinski definition) is 3. The van der Waals surface area contributed by atoms with Crippen molar-refractivity contribution < 1.29 is 0 Å². The molecule has 0 bridgehead atoms. The van der Waals surface area contributed by atoms with Crippen molar-refractivity contribution in [1.82, 2.24) is 10.2 Å². The van der Waals surface area contributed by atoms with Crippen LogP contribution in [0.3, 0.4) is 0 Å². The zero-order valence-corrected chi connectivity index (χ0v) is 23.0. The number of azo groups is 1. The lowest BCUT2D eigenvalue weighted by Gasteiger charge is -2.16. The Morgan fingerprint density at radius 2 is 1.36 bits per heavy atom. The molecular weight excluding hydrogens is 504 g/mol. The fourth-order valence-electron chi connectivity index (χ4n) is 4.87. The van der Waals surface area contributed by atoms with Gasteiger partial charge in [0.1, 0.15) is 0 Å². The van der Waals surface area contributed by atoms with Crippen LogP contribution in [0.15, 0.2) is 83.0 Å². The summed E-state index contributed by atoms with van der Waals surface area (Å²) in [6, 6.07) is 25.1. The predicted molar refractivity (Wildman–Crippen MR) is 164 cm³/mol. The maximum atomic E-state index is 4.70. The average Bonchev–Trinajstić information content (AvgIpc) is 3.68. The van der Waals surface area contributed by atoms with Gasteiger partial charge in [0.15, 0.2) is 0 Å². The van der Waals surface area contributed by atoms with Gasteiger partial charge in [0, 0.05) is 46.4 Å². The van der Waals surface area contributed by atoms with Gasteiger partial charge in [-0.05, 0) is 50.5 Å². The maximum Gasteiger partial charge on any atom is 0.225 e. The van der Waals surface area contributed by atoms with Crippen molar-refractivity contribution >= 4 is 65.9 Å². The minimum Gasteiger partial charge on any atom is -0.382 e. The summed E-state index contributed by atoms with van der Waals surface area (Å²) in [5.74, 6) is 0. The van der Waals surface area contributed by atoms with Gasteiger partial charge in [0.05, 0.1) is 17.1 Å². The summed E-state index contributed by atoms with van der Waals surface area (Å²) >= 11 is 1.56. The molecular formula is C30H32N8S. The summed E-state index contributed by atoms with van der Waals surface area (Å²) in [7, 11) is 0. The highest BCUT2D eigenvalue weighted by Gasteiger charge is 2.17. The Hall–Kier alpha value is -4.24. The summed E-state index contributed by atoms with van der Waals surface area (Å²) in [5.41, 5.74) is 10.3. The molecule has 198 valence electrons. The normalized spacial score (nSPS) is 14.4. The molecule has 1 aromatic heterocycles. The first-order valence-electron chi connectivity index (χ1n) is 13.5. The van der Waals surface area contributed by atoms with Crippen LogP contribution < -0.4 is 21.1 Å². The Bertz CT molecular complexity index is 1620. The molecule has 0 spiro atoms. The van der Waals surface area contributed by atoms with E-state index in [-0.39, 0.29) is 0 Å². The van der Waals surface area contributed by atoms with Gasteiger partial charge in [-0.2, -0.15) is 0 Å². The summed E-state index contributed by atoms with van der Waals surface area (Å²) in [6.45, 7) is 6.49. The number of fused-ring (bicyclic) bond motifs is 2. The number of benzene rings is 4. The molecule has 0 radical (unpaired) electrons. The number of anilines is 4. The molecule has 2 heterocycles. The van der Waals surface area contributed by atoms with Crippen LogP contribution in [-0.4, -0.2) is 29.3 Å². The lowest BCUT2D eigenvalue weighted by molar-refractivity contribution is 0.765. The molecule has 1 aliphatic heterocycles. The zero-order valence-electron chi connectivity index (χ0n) is 22.2. The summed E-state index contributed by atoms with van der Waals surface area (Å²) in [5, 5.41) is 27.6. The number of nitrogens with zero attached hydrogens (tertiary/aromatic N) is 5. The lowest BCUT2D eigenvalue weighted by atomic mass is 10.1. The molecule has 8 nitrogen and oxygen atoms in total. The second-order valence-electron chi connectivity index (χ2n) is 9.84. The van der Waals surface area contributed by atoms with Crippen LogP contribution in [0.4, 0.5) is 33.0 Å². The van der Waals surface area contributed by atoms with Crippen molar-refractivity contribution in [1.29, 1.82) is 0 Å². The van der Waals surface area contributed by atoms with Crippen molar-refractivity contribution in [3.63, 3.8) is 0 Å². The molecule has 0 aliphatic carbocycles. The van der Waals surface area contributed by atoms with Crippen molar-refractivity contribution in [2.24, 2.45) is 10.2 Å². The second kappa shape index (κ2) is 11.2. The van der Waals surface area contributed by atoms with Crippen LogP contribution in [0.2, 0.25) is 0 Å².